The second-order valence-corrected chi connectivity index (χ2v) is 7.82. The minimum Gasteiger partial charge on any atom is -0.369 e. The van der Waals surface area contributed by atoms with Crippen molar-refractivity contribution in [3.05, 3.63) is 58.1 Å². The SMILES string of the molecule is Cc1ccc(NC(=O)C(=O)NCCN2CCN(c3ccc(Cl)cc3)CC2)cc1Cl. The molecule has 1 aliphatic rings. The van der Waals surface area contributed by atoms with Crippen molar-refractivity contribution in [2.75, 3.05) is 49.5 Å². The quantitative estimate of drug-likeness (QED) is 0.709. The molecule has 0 unspecified atom stereocenters. The van der Waals surface area contributed by atoms with Crippen LogP contribution in [0, 0.1) is 6.92 Å². The van der Waals surface area contributed by atoms with Crippen molar-refractivity contribution in [3.63, 3.8) is 0 Å². The fraction of sp³-hybridized carbons (Fsp3) is 0.333. The molecule has 0 aromatic heterocycles. The highest BCUT2D eigenvalue weighted by atomic mass is 35.5. The number of halogens is 2. The molecule has 2 amide bonds. The highest BCUT2D eigenvalue weighted by Gasteiger charge is 2.18. The predicted molar refractivity (Wildman–Crippen MR) is 118 cm³/mol. The van der Waals surface area contributed by atoms with Crippen LogP contribution in [0.1, 0.15) is 5.56 Å². The summed E-state index contributed by atoms with van der Waals surface area (Å²) in [6, 6.07) is 13.0. The largest absolute Gasteiger partial charge is 0.369 e. The summed E-state index contributed by atoms with van der Waals surface area (Å²) < 4.78 is 0. The number of nitrogens with zero attached hydrogens (tertiary/aromatic N) is 2. The van der Waals surface area contributed by atoms with Gasteiger partial charge in [-0.2, -0.15) is 0 Å². The van der Waals surface area contributed by atoms with Gasteiger partial charge in [0.05, 0.1) is 0 Å². The molecule has 154 valence electrons. The first kappa shape index (κ1) is 21.4. The lowest BCUT2D eigenvalue weighted by atomic mass is 10.2. The molecule has 0 spiro atoms. The Morgan fingerprint density at radius 2 is 1.66 bits per heavy atom. The lowest BCUT2D eigenvalue weighted by Gasteiger charge is -2.36. The van der Waals surface area contributed by atoms with Gasteiger partial charge in [0.2, 0.25) is 0 Å². The average molecular weight is 435 g/mol. The first-order valence-corrected chi connectivity index (χ1v) is 10.3. The van der Waals surface area contributed by atoms with Gasteiger partial charge in [0.25, 0.3) is 0 Å². The highest BCUT2D eigenvalue weighted by molar-refractivity contribution is 6.39. The van der Waals surface area contributed by atoms with E-state index in [9.17, 15) is 9.59 Å². The molecule has 3 rings (SSSR count). The van der Waals surface area contributed by atoms with Gasteiger partial charge < -0.3 is 15.5 Å². The number of hydrogen-bond donors (Lipinski definition) is 2. The number of carbonyl (C=O) groups is 2. The summed E-state index contributed by atoms with van der Waals surface area (Å²) in [5, 5.41) is 6.51. The van der Waals surface area contributed by atoms with Crippen LogP contribution in [0.15, 0.2) is 42.5 Å². The summed E-state index contributed by atoms with van der Waals surface area (Å²) in [7, 11) is 0. The zero-order valence-corrected chi connectivity index (χ0v) is 17.8. The summed E-state index contributed by atoms with van der Waals surface area (Å²) >= 11 is 12.0. The normalized spacial score (nSPS) is 14.5. The van der Waals surface area contributed by atoms with Gasteiger partial charge in [-0.3, -0.25) is 14.5 Å². The Hall–Kier alpha value is -2.28. The number of benzene rings is 2. The molecule has 0 atom stereocenters. The lowest BCUT2D eigenvalue weighted by Crippen LogP contribution is -2.49. The first-order valence-electron chi connectivity index (χ1n) is 9.50. The molecule has 1 heterocycles. The van der Waals surface area contributed by atoms with Crippen molar-refractivity contribution < 1.29 is 9.59 Å². The highest BCUT2D eigenvalue weighted by Crippen LogP contribution is 2.20. The number of aryl methyl sites for hydroxylation is 1. The van der Waals surface area contributed by atoms with Crippen molar-refractivity contribution in [2.24, 2.45) is 0 Å². The molecule has 1 saturated heterocycles. The minimum atomic E-state index is -0.697. The lowest BCUT2D eigenvalue weighted by molar-refractivity contribution is -0.136. The predicted octanol–water partition coefficient (Wildman–Crippen LogP) is 3.18. The Kier molecular flexibility index (Phi) is 7.36. The number of rotatable bonds is 5. The second kappa shape index (κ2) is 9.96. The molecule has 0 aliphatic carbocycles. The van der Waals surface area contributed by atoms with Crippen LogP contribution in [0.3, 0.4) is 0 Å². The van der Waals surface area contributed by atoms with Crippen molar-refractivity contribution in [2.45, 2.75) is 6.92 Å². The summed E-state index contributed by atoms with van der Waals surface area (Å²) in [4.78, 5) is 28.6. The third-order valence-electron chi connectivity index (χ3n) is 4.91. The van der Waals surface area contributed by atoms with Crippen molar-refractivity contribution in [1.29, 1.82) is 0 Å². The van der Waals surface area contributed by atoms with Crippen LogP contribution in [-0.4, -0.2) is 56.0 Å². The smallest absolute Gasteiger partial charge is 0.313 e. The molecule has 1 aliphatic heterocycles. The number of piperazine rings is 1. The van der Waals surface area contributed by atoms with Gasteiger partial charge in [-0.25, -0.2) is 0 Å². The van der Waals surface area contributed by atoms with E-state index in [1.165, 1.54) is 0 Å². The van der Waals surface area contributed by atoms with Gasteiger partial charge in [-0.05, 0) is 48.9 Å². The van der Waals surface area contributed by atoms with E-state index in [-0.39, 0.29) is 0 Å². The van der Waals surface area contributed by atoms with Gasteiger partial charge in [0.15, 0.2) is 0 Å². The molecular formula is C21H24Cl2N4O2. The number of hydrogen-bond acceptors (Lipinski definition) is 4. The maximum atomic E-state index is 12.0. The monoisotopic (exact) mass is 434 g/mol. The molecule has 0 bridgehead atoms. The van der Waals surface area contributed by atoms with Crippen LogP contribution in [0.5, 0.6) is 0 Å². The molecule has 8 heteroatoms. The standard InChI is InChI=1S/C21H24Cl2N4O2/c1-15-2-5-17(14-19(15)23)25-21(29)20(28)24-8-9-26-10-12-27(13-11-26)18-6-3-16(22)4-7-18/h2-7,14H,8-13H2,1H3,(H,24,28)(H,25,29). The van der Waals surface area contributed by atoms with Crippen molar-refractivity contribution >= 4 is 46.4 Å². The van der Waals surface area contributed by atoms with Gasteiger partial charge >= 0.3 is 11.8 Å². The van der Waals surface area contributed by atoms with E-state index < -0.39 is 11.8 Å². The van der Waals surface area contributed by atoms with Crippen LogP contribution in [0.4, 0.5) is 11.4 Å². The van der Waals surface area contributed by atoms with Crippen LogP contribution in [-0.2, 0) is 9.59 Å². The zero-order valence-electron chi connectivity index (χ0n) is 16.3. The Bertz CT molecular complexity index is 865. The van der Waals surface area contributed by atoms with Crippen LogP contribution in [0.25, 0.3) is 0 Å². The fourth-order valence-corrected chi connectivity index (χ4v) is 3.45. The van der Waals surface area contributed by atoms with E-state index in [2.05, 4.69) is 20.4 Å². The Morgan fingerprint density at radius 1 is 0.966 bits per heavy atom. The van der Waals surface area contributed by atoms with Crippen LogP contribution in [0.2, 0.25) is 10.0 Å². The van der Waals surface area contributed by atoms with E-state index in [1.807, 2.05) is 31.2 Å². The molecule has 2 aromatic rings. The van der Waals surface area contributed by atoms with Gasteiger partial charge in [0, 0.05) is 60.7 Å². The summed E-state index contributed by atoms with van der Waals surface area (Å²) in [5.41, 5.74) is 2.57. The van der Waals surface area contributed by atoms with Gasteiger partial charge in [-0.15, -0.1) is 0 Å². The zero-order chi connectivity index (χ0) is 20.8. The number of carbonyl (C=O) groups excluding carboxylic acids is 2. The van der Waals surface area contributed by atoms with Crippen LogP contribution >= 0.6 is 23.2 Å². The molecule has 2 N–H and O–H groups in total. The van der Waals surface area contributed by atoms with E-state index in [0.29, 0.717) is 23.8 Å². The maximum absolute atomic E-state index is 12.0. The third kappa shape index (κ3) is 6.10. The molecule has 1 fully saturated rings. The molecule has 2 aromatic carbocycles. The summed E-state index contributed by atoms with van der Waals surface area (Å²) in [5.74, 6) is -1.35. The molecule has 0 saturated carbocycles. The first-order chi connectivity index (χ1) is 13.9. The number of anilines is 2. The van der Waals surface area contributed by atoms with E-state index in [4.69, 9.17) is 23.2 Å². The fourth-order valence-electron chi connectivity index (χ4n) is 3.15. The minimum absolute atomic E-state index is 0.419. The van der Waals surface area contributed by atoms with Gasteiger partial charge in [-0.1, -0.05) is 29.3 Å². The summed E-state index contributed by atoms with van der Waals surface area (Å²) in [6.07, 6.45) is 0. The Labute approximate surface area is 180 Å². The average Bonchev–Trinajstić information content (AvgIpc) is 2.72. The van der Waals surface area contributed by atoms with Crippen molar-refractivity contribution in [1.82, 2.24) is 10.2 Å². The van der Waals surface area contributed by atoms with Gasteiger partial charge in [0.1, 0.15) is 0 Å². The topological polar surface area (TPSA) is 64.7 Å². The van der Waals surface area contributed by atoms with E-state index in [1.54, 1.807) is 18.2 Å². The summed E-state index contributed by atoms with van der Waals surface area (Å²) in [6.45, 7) is 6.59. The molecule has 6 nitrogen and oxygen atoms in total. The second-order valence-electron chi connectivity index (χ2n) is 6.98. The van der Waals surface area contributed by atoms with Crippen molar-refractivity contribution in [3.8, 4) is 0 Å². The number of nitrogens with one attached hydrogen (secondary N) is 2. The molecule has 29 heavy (non-hydrogen) atoms. The molecular weight excluding hydrogens is 411 g/mol. The van der Waals surface area contributed by atoms with E-state index >= 15 is 0 Å². The van der Waals surface area contributed by atoms with Crippen LogP contribution < -0.4 is 15.5 Å². The third-order valence-corrected chi connectivity index (χ3v) is 5.57. The maximum Gasteiger partial charge on any atom is 0.313 e. The Balaban J connectivity index is 1.37. The number of amides is 2. The van der Waals surface area contributed by atoms with E-state index in [0.717, 1.165) is 42.5 Å². The Morgan fingerprint density at radius 3 is 2.31 bits per heavy atom. The molecule has 0 radical (unpaired) electrons.